The Morgan fingerprint density at radius 2 is 1.76 bits per heavy atom. The molecule has 0 radical (unpaired) electrons. The molecule has 7 nitrogen and oxygen atoms in total. The Labute approximate surface area is 219 Å². The van der Waals surface area contributed by atoms with Gasteiger partial charge in [0.15, 0.2) is 5.71 Å². The number of hydrogen-bond donors (Lipinski definition) is 2. The Morgan fingerprint density at radius 1 is 1.03 bits per heavy atom. The van der Waals surface area contributed by atoms with E-state index in [9.17, 15) is 17.8 Å². The van der Waals surface area contributed by atoms with E-state index in [1.807, 2.05) is 32.1 Å². The number of carboxylic acids is 1. The fourth-order valence-electron chi connectivity index (χ4n) is 5.34. The molecule has 0 fully saturated rings. The minimum atomic E-state index is -4.53. The van der Waals surface area contributed by atoms with E-state index in [0.29, 0.717) is 6.42 Å². The molecular weight excluding hydrogens is 488 g/mol. The molecule has 0 unspecified atom stereocenters. The van der Waals surface area contributed by atoms with Gasteiger partial charge in [0.2, 0.25) is 5.69 Å². The third-order valence-electron chi connectivity index (χ3n) is 7.48. The van der Waals surface area contributed by atoms with Gasteiger partial charge in [-0.15, -0.1) is 0 Å². The Balaban J connectivity index is 1.62. The fourth-order valence-corrected chi connectivity index (χ4v) is 5.84. The van der Waals surface area contributed by atoms with Crippen molar-refractivity contribution in [1.29, 1.82) is 0 Å². The van der Waals surface area contributed by atoms with Crippen LogP contribution in [0.15, 0.2) is 71.3 Å². The lowest BCUT2D eigenvalue weighted by Gasteiger charge is -2.21. The molecule has 2 aliphatic rings. The number of benzene rings is 2. The van der Waals surface area contributed by atoms with E-state index in [-0.39, 0.29) is 16.7 Å². The third-order valence-corrected chi connectivity index (χ3v) is 8.32. The van der Waals surface area contributed by atoms with Crippen LogP contribution in [0.25, 0.3) is 0 Å². The Kier molecular flexibility index (Phi) is 7.18. The first-order valence-electron chi connectivity index (χ1n) is 12.6. The molecule has 8 heteroatoms. The highest BCUT2D eigenvalue weighted by atomic mass is 32.2. The smallest absolute Gasteiger partial charge is 0.303 e. The molecule has 2 aromatic rings. The van der Waals surface area contributed by atoms with Gasteiger partial charge in [-0.25, -0.2) is 8.42 Å². The first-order chi connectivity index (χ1) is 17.3. The molecule has 0 amide bonds. The molecule has 0 atom stereocenters. The minimum absolute atomic E-state index is 0.194. The molecule has 0 aliphatic carbocycles. The van der Waals surface area contributed by atoms with E-state index in [1.165, 1.54) is 23.4 Å². The van der Waals surface area contributed by atoms with E-state index < -0.39 is 21.5 Å². The van der Waals surface area contributed by atoms with Crippen molar-refractivity contribution in [1.82, 2.24) is 0 Å². The highest BCUT2D eigenvalue weighted by molar-refractivity contribution is 7.85. The van der Waals surface area contributed by atoms with Crippen molar-refractivity contribution >= 4 is 33.2 Å². The van der Waals surface area contributed by atoms with Crippen LogP contribution in [0.5, 0.6) is 0 Å². The summed E-state index contributed by atoms with van der Waals surface area (Å²) in [7, 11) is -4.53. The highest BCUT2D eigenvalue weighted by Gasteiger charge is 2.43. The number of para-hydroxylation sites is 1. The number of fused-ring (bicyclic) bond motifs is 2. The summed E-state index contributed by atoms with van der Waals surface area (Å²) in [5, 5.41) is 12.3. The zero-order valence-corrected chi connectivity index (χ0v) is 22.6. The summed E-state index contributed by atoms with van der Waals surface area (Å²) in [6.45, 7) is 9.22. The topological polar surface area (TPSA) is 110 Å². The molecule has 2 heterocycles. The van der Waals surface area contributed by atoms with Crippen LogP contribution in [0.2, 0.25) is 0 Å². The largest absolute Gasteiger partial charge is 0.744 e. The lowest BCUT2D eigenvalue weighted by Crippen LogP contribution is -2.28. The molecule has 0 saturated heterocycles. The van der Waals surface area contributed by atoms with Crippen molar-refractivity contribution in [2.24, 2.45) is 0 Å². The van der Waals surface area contributed by atoms with E-state index >= 15 is 0 Å². The Hall–Kier alpha value is -3.23. The van der Waals surface area contributed by atoms with Crippen LogP contribution < -0.4 is 5.32 Å². The zero-order valence-electron chi connectivity index (χ0n) is 21.7. The molecule has 0 saturated carbocycles. The molecule has 196 valence electrons. The Morgan fingerprint density at radius 3 is 2.46 bits per heavy atom. The van der Waals surface area contributed by atoms with Crippen molar-refractivity contribution in [3.8, 4) is 0 Å². The maximum absolute atomic E-state index is 11.5. The predicted octanol–water partition coefficient (Wildman–Crippen LogP) is 5.46. The fraction of sp³-hybridized carbons (Fsp3) is 0.379. The molecule has 2 aliphatic heterocycles. The van der Waals surface area contributed by atoms with Crippen molar-refractivity contribution in [2.45, 2.75) is 69.1 Å². The lowest BCUT2D eigenvalue weighted by molar-refractivity contribution is -0.438. The van der Waals surface area contributed by atoms with Gasteiger partial charge in [0.1, 0.15) is 16.7 Å². The number of nitrogens with zero attached hydrogens (tertiary/aromatic N) is 1. The number of carboxylic acid groups (broad SMARTS) is 1. The second-order valence-corrected chi connectivity index (χ2v) is 12.1. The quantitative estimate of drug-likeness (QED) is 0.257. The van der Waals surface area contributed by atoms with E-state index in [1.54, 1.807) is 6.07 Å². The van der Waals surface area contributed by atoms with Gasteiger partial charge in [-0.05, 0) is 56.5 Å². The number of carbonyl (C=O) groups is 1. The Bertz CT molecular complexity index is 1430. The maximum atomic E-state index is 11.5. The van der Waals surface area contributed by atoms with Crippen LogP contribution in [-0.4, -0.2) is 40.9 Å². The zero-order chi connectivity index (χ0) is 27.0. The second kappa shape index (κ2) is 9.91. The van der Waals surface area contributed by atoms with E-state index in [2.05, 4.69) is 48.0 Å². The van der Waals surface area contributed by atoms with Crippen LogP contribution in [0.1, 0.15) is 64.5 Å². The van der Waals surface area contributed by atoms with Crippen molar-refractivity contribution in [2.75, 3.05) is 11.9 Å². The number of hydrogen-bond acceptors (Lipinski definition) is 5. The van der Waals surface area contributed by atoms with Crippen molar-refractivity contribution < 1.29 is 27.4 Å². The summed E-state index contributed by atoms with van der Waals surface area (Å²) in [4.78, 5) is 10.6. The average molecular weight is 523 g/mol. The molecule has 37 heavy (non-hydrogen) atoms. The van der Waals surface area contributed by atoms with Gasteiger partial charge in [-0.3, -0.25) is 4.79 Å². The molecule has 0 aromatic heterocycles. The van der Waals surface area contributed by atoms with Crippen molar-refractivity contribution in [3.05, 3.63) is 77.5 Å². The van der Waals surface area contributed by atoms with Gasteiger partial charge in [0, 0.05) is 47.3 Å². The average Bonchev–Trinajstić information content (AvgIpc) is 3.20. The number of allylic oxidation sites excluding steroid dienone is 4. The molecule has 0 spiro atoms. The van der Waals surface area contributed by atoms with Crippen LogP contribution in [0.4, 0.5) is 11.4 Å². The van der Waals surface area contributed by atoms with Crippen LogP contribution >= 0.6 is 0 Å². The number of anilines is 1. The standard InChI is InChI=1S/C29H34N2O5S/c1-28(2)22-19-20(37(34,35)36)16-17-23(22)30-25(28)13-10-14-26-29(3,4)21-11-7-8-12-24(21)31(26)18-9-5-6-15-27(32)33/h7-8,10-14,16-17,19H,5-6,9,15,18H2,1-4H3,(H2,32,33,34,35,36). The van der Waals surface area contributed by atoms with Gasteiger partial charge in [-0.1, -0.05) is 38.1 Å². The predicted molar refractivity (Wildman–Crippen MR) is 144 cm³/mol. The van der Waals surface area contributed by atoms with Gasteiger partial charge in [0.25, 0.3) is 0 Å². The van der Waals surface area contributed by atoms with Crippen LogP contribution in [0.3, 0.4) is 0 Å². The number of unbranched alkanes of at least 4 members (excludes halogenated alkanes) is 2. The maximum Gasteiger partial charge on any atom is 0.303 e. The monoisotopic (exact) mass is 522 g/mol. The minimum Gasteiger partial charge on any atom is -0.744 e. The van der Waals surface area contributed by atoms with Crippen LogP contribution in [0, 0.1) is 0 Å². The summed E-state index contributed by atoms with van der Waals surface area (Å²) in [5.74, 6) is -0.757. The first kappa shape index (κ1) is 26.8. The SMILES string of the molecule is CC1(C)C(/C=C/C=C2/Nc3ccc(S(=O)(=O)[O-])cc3C2(C)C)=[N+](CCCCCC(=O)O)c2ccccc21. The first-order valence-corrected chi connectivity index (χ1v) is 14.0. The van der Waals surface area contributed by atoms with Gasteiger partial charge in [0.05, 0.1) is 10.3 Å². The normalized spacial score (nSPS) is 18.8. The summed E-state index contributed by atoms with van der Waals surface area (Å²) >= 11 is 0. The molecule has 4 rings (SSSR count). The molecule has 2 aromatic carbocycles. The molecule has 2 N–H and O–H groups in total. The third kappa shape index (κ3) is 5.26. The lowest BCUT2D eigenvalue weighted by atomic mass is 9.81. The summed E-state index contributed by atoms with van der Waals surface area (Å²) in [5.41, 5.74) is 5.37. The van der Waals surface area contributed by atoms with Crippen molar-refractivity contribution in [3.63, 3.8) is 0 Å². The van der Waals surface area contributed by atoms with Gasteiger partial charge >= 0.3 is 5.97 Å². The summed E-state index contributed by atoms with van der Waals surface area (Å²) in [6.07, 6.45) is 8.75. The number of nitrogens with one attached hydrogen (secondary N) is 1. The van der Waals surface area contributed by atoms with Gasteiger partial charge < -0.3 is 15.0 Å². The van der Waals surface area contributed by atoms with E-state index in [0.717, 1.165) is 42.0 Å². The highest BCUT2D eigenvalue weighted by Crippen LogP contribution is 2.44. The van der Waals surface area contributed by atoms with Crippen LogP contribution in [-0.2, 0) is 25.7 Å². The number of aliphatic carboxylic acids is 1. The number of rotatable bonds is 9. The summed E-state index contributed by atoms with van der Waals surface area (Å²) in [6, 6.07) is 12.8. The summed E-state index contributed by atoms with van der Waals surface area (Å²) < 4.78 is 36.9. The molecule has 0 bridgehead atoms. The second-order valence-electron chi connectivity index (χ2n) is 10.7. The molecular formula is C29H34N2O5S. The van der Waals surface area contributed by atoms with Gasteiger partial charge in [-0.2, -0.15) is 4.58 Å². The van der Waals surface area contributed by atoms with E-state index in [4.69, 9.17) is 5.11 Å².